The first-order valence-corrected chi connectivity index (χ1v) is 4.95. The lowest BCUT2D eigenvalue weighted by Gasteiger charge is -1.98. The molecule has 0 aromatic heterocycles. The van der Waals surface area contributed by atoms with Crippen LogP contribution in [0.1, 0.15) is 11.1 Å². The maximum absolute atomic E-state index is 11.2. The monoisotopic (exact) mass is 204 g/mol. The van der Waals surface area contributed by atoms with Crippen molar-refractivity contribution in [2.24, 2.45) is 5.73 Å². The fourth-order valence-electron chi connectivity index (χ4n) is 1.10. The minimum absolute atomic E-state index is 0.110. The first-order valence-electron chi connectivity index (χ1n) is 4.95. The Balaban J connectivity index is 2.50. The number of carbonyl (C=O) groups excluding carboxylic acids is 1. The predicted octanol–water partition coefficient (Wildman–Crippen LogP) is 1.08. The van der Waals surface area contributed by atoms with Crippen molar-refractivity contribution in [3.05, 3.63) is 41.5 Å². The molecule has 0 bridgehead atoms. The lowest BCUT2D eigenvalue weighted by atomic mass is 10.1. The molecular formula is C12H16N2O. The lowest BCUT2D eigenvalue weighted by Crippen LogP contribution is -2.27. The molecule has 3 heteroatoms. The Morgan fingerprint density at radius 2 is 2.07 bits per heavy atom. The Labute approximate surface area is 90.0 Å². The summed E-state index contributed by atoms with van der Waals surface area (Å²) in [5.41, 5.74) is 7.49. The number of hydrogen-bond acceptors (Lipinski definition) is 2. The summed E-state index contributed by atoms with van der Waals surface area (Å²) in [4.78, 5) is 11.2. The van der Waals surface area contributed by atoms with Crippen LogP contribution >= 0.6 is 0 Å². The number of benzene rings is 1. The normalized spacial score (nSPS) is 10.5. The highest BCUT2D eigenvalue weighted by atomic mass is 16.1. The van der Waals surface area contributed by atoms with Crippen LogP contribution in [0.15, 0.2) is 30.3 Å². The van der Waals surface area contributed by atoms with Crippen LogP contribution in [-0.2, 0) is 4.79 Å². The van der Waals surface area contributed by atoms with Crippen molar-refractivity contribution in [2.75, 3.05) is 13.1 Å². The summed E-state index contributed by atoms with van der Waals surface area (Å²) >= 11 is 0. The van der Waals surface area contributed by atoms with Crippen molar-refractivity contribution in [1.82, 2.24) is 5.32 Å². The quantitative estimate of drug-likeness (QED) is 0.721. The molecule has 0 saturated carbocycles. The second-order valence-corrected chi connectivity index (χ2v) is 3.32. The van der Waals surface area contributed by atoms with Gasteiger partial charge in [0.2, 0.25) is 5.91 Å². The standard InChI is InChI=1S/C12H16N2O/c1-10-2-4-11(5-3-10)6-7-12(15)14-9-8-13/h2-7H,8-9,13H2,1H3,(H,14,15)/b7-6+. The second kappa shape index (κ2) is 5.98. The number of carbonyl (C=O) groups is 1. The van der Waals surface area contributed by atoms with Crippen LogP contribution < -0.4 is 11.1 Å². The maximum atomic E-state index is 11.2. The van der Waals surface area contributed by atoms with Gasteiger partial charge in [0.15, 0.2) is 0 Å². The Bertz CT molecular complexity index is 341. The highest BCUT2D eigenvalue weighted by Gasteiger charge is 1.92. The largest absolute Gasteiger partial charge is 0.351 e. The molecule has 0 radical (unpaired) electrons. The lowest BCUT2D eigenvalue weighted by molar-refractivity contribution is -0.116. The number of nitrogens with two attached hydrogens (primary N) is 1. The molecule has 0 heterocycles. The summed E-state index contributed by atoms with van der Waals surface area (Å²) in [7, 11) is 0. The summed E-state index contributed by atoms with van der Waals surface area (Å²) < 4.78 is 0. The molecule has 0 spiro atoms. The zero-order valence-electron chi connectivity index (χ0n) is 8.86. The van der Waals surface area contributed by atoms with Gasteiger partial charge in [-0.3, -0.25) is 4.79 Å². The molecule has 3 nitrogen and oxygen atoms in total. The van der Waals surface area contributed by atoms with Gasteiger partial charge in [-0.05, 0) is 18.6 Å². The minimum Gasteiger partial charge on any atom is -0.351 e. The highest BCUT2D eigenvalue weighted by molar-refractivity contribution is 5.91. The third-order valence-electron chi connectivity index (χ3n) is 1.95. The van der Waals surface area contributed by atoms with E-state index in [4.69, 9.17) is 5.73 Å². The van der Waals surface area contributed by atoms with Gasteiger partial charge >= 0.3 is 0 Å². The molecule has 0 aliphatic heterocycles. The summed E-state index contributed by atoms with van der Waals surface area (Å²) in [6.07, 6.45) is 3.30. The van der Waals surface area contributed by atoms with Crippen molar-refractivity contribution in [1.29, 1.82) is 0 Å². The molecular weight excluding hydrogens is 188 g/mol. The number of aryl methyl sites for hydroxylation is 1. The average Bonchev–Trinajstić information content (AvgIpc) is 2.25. The van der Waals surface area contributed by atoms with E-state index in [1.807, 2.05) is 31.2 Å². The topological polar surface area (TPSA) is 55.1 Å². The van der Waals surface area contributed by atoms with Crippen molar-refractivity contribution in [3.8, 4) is 0 Å². The Hall–Kier alpha value is -1.61. The molecule has 0 fully saturated rings. The van der Waals surface area contributed by atoms with Gasteiger partial charge in [0.25, 0.3) is 0 Å². The number of hydrogen-bond donors (Lipinski definition) is 2. The van der Waals surface area contributed by atoms with Crippen LogP contribution in [0.5, 0.6) is 0 Å². The Morgan fingerprint density at radius 1 is 1.40 bits per heavy atom. The number of nitrogens with one attached hydrogen (secondary N) is 1. The molecule has 1 amide bonds. The summed E-state index contributed by atoms with van der Waals surface area (Å²) in [5, 5.41) is 2.66. The van der Waals surface area contributed by atoms with Crippen LogP contribution in [0.2, 0.25) is 0 Å². The van der Waals surface area contributed by atoms with E-state index in [1.54, 1.807) is 6.08 Å². The van der Waals surface area contributed by atoms with E-state index >= 15 is 0 Å². The van der Waals surface area contributed by atoms with Crippen LogP contribution in [0.25, 0.3) is 6.08 Å². The molecule has 3 N–H and O–H groups in total. The van der Waals surface area contributed by atoms with Gasteiger partial charge in [-0.15, -0.1) is 0 Å². The molecule has 80 valence electrons. The first-order chi connectivity index (χ1) is 7.22. The number of amides is 1. The smallest absolute Gasteiger partial charge is 0.244 e. The third kappa shape index (κ3) is 4.42. The van der Waals surface area contributed by atoms with Crippen molar-refractivity contribution < 1.29 is 4.79 Å². The van der Waals surface area contributed by atoms with Gasteiger partial charge in [0, 0.05) is 19.2 Å². The van der Waals surface area contributed by atoms with Crippen LogP contribution in [0.4, 0.5) is 0 Å². The molecule has 0 unspecified atom stereocenters. The fourth-order valence-corrected chi connectivity index (χ4v) is 1.10. The van der Waals surface area contributed by atoms with E-state index in [0.29, 0.717) is 13.1 Å². The minimum atomic E-state index is -0.110. The summed E-state index contributed by atoms with van der Waals surface area (Å²) in [6, 6.07) is 7.97. The molecule has 15 heavy (non-hydrogen) atoms. The van der Waals surface area contributed by atoms with E-state index in [-0.39, 0.29) is 5.91 Å². The third-order valence-corrected chi connectivity index (χ3v) is 1.95. The van der Waals surface area contributed by atoms with Crippen LogP contribution in [0.3, 0.4) is 0 Å². The van der Waals surface area contributed by atoms with Crippen molar-refractivity contribution in [3.63, 3.8) is 0 Å². The van der Waals surface area contributed by atoms with E-state index in [1.165, 1.54) is 11.6 Å². The summed E-state index contributed by atoms with van der Waals surface area (Å²) in [6.45, 7) is 3.00. The molecule has 0 saturated heterocycles. The molecule has 0 aliphatic carbocycles. The predicted molar refractivity (Wildman–Crippen MR) is 62.3 cm³/mol. The van der Waals surface area contributed by atoms with Gasteiger partial charge in [0.05, 0.1) is 0 Å². The van der Waals surface area contributed by atoms with E-state index in [0.717, 1.165) is 5.56 Å². The molecule has 1 rings (SSSR count). The van der Waals surface area contributed by atoms with E-state index < -0.39 is 0 Å². The SMILES string of the molecule is Cc1ccc(/C=C/C(=O)NCCN)cc1. The number of rotatable bonds is 4. The maximum Gasteiger partial charge on any atom is 0.244 e. The van der Waals surface area contributed by atoms with Crippen LogP contribution in [0, 0.1) is 6.92 Å². The Kier molecular flexibility index (Phi) is 4.57. The van der Waals surface area contributed by atoms with E-state index in [2.05, 4.69) is 5.32 Å². The molecule has 1 aromatic carbocycles. The second-order valence-electron chi connectivity index (χ2n) is 3.32. The van der Waals surface area contributed by atoms with Gasteiger partial charge < -0.3 is 11.1 Å². The van der Waals surface area contributed by atoms with E-state index in [9.17, 15) is 4.79 Å². The zero-order valence-corrected chi connectivity index (χ0v) is 8.86. The molecule has 1 aromatic rings. The van der Waals surface area contributed by atoms with Crippen molar-refractivity contribution >= 4 is 12.0 Å². The van der Waals surface area contributed by atoms with Crippen LogP contribution in [-0.4, -0.2) is 19.0 Å². The van der Waals surface area contributed by atoms with Gasteiger partial charge in [-0.2, -0.15) is 0 Å². The van der Waals surface area contributed by atoms with Gasteiger partial charge in [-0.1, -0.05) is 29.8 Å². The fraction of sp³-hybridized carbons (Fsp3) is 0.250. The zero-order chi connectivity index (χ0) is 11.1. The first kappa shape index (κ1) is 11.5. The van der Waals surface area contributed by atoms with Gasteiger partial charge in [0.1, 0.15) is 0 Å². The highest BCUT2D eigenvalue weighted by Crippen LogP contribution is 2.04. The summed E-state index contributed by atoms with van der Waals surface area (Å²) in [5.74, 6) is -0.110. The molecule has 0 aliphatic rings. The van der Waals surface area contributed by atoms with Gasteiger partial charge in [-0.25, -0.2) is 0 Å². The molecule has 0 atom stereocenters. The Morgan fingerprint density at radius 3 is 2.67 bits per heavy atom. The van der Waals surface area contributed by atoms with Crippen molar-refractivity contribution in [2.45, 2.75) is 6.92 Å². The average molecular weight is 204 g/mol.